The smallest absolute Gasteiger partial charge is 0.277 e. The van der Waals surface area contributed by atoms with E-state index in [0.717, 1.165) is 12.1 Å². The zero-order chi connectivity index (χ0) is 15.9. The molecule has 0 spiro atoms. The van der Waals surface area contributed by atoms with Crippen LogP contribution in [-0.4, -0.2) is 23.3 Å². The summed E-state index contributed by atoms with van der Waals surface area (Å²) < 4.78 is 0. The van der Waals surface area contributed by atoms with Crippen LogP contribution in [0.3, 0.4) is 0 Å². The molecule has 0 bridgehead atoms. The zero-order valence-corrected chi connectivity index (χ0v) is 13.6. The summed E-state index contributed by atoms with van der Waals surface area (Å²) in [7, 11) is 0. The van der Waals surface area contributed by atoms with Crippen molar-refractivity contribution in [2.45, 2.75) is 27.2 Å². The van der Waals surface area contributed by atoms with Crippen LogP contribution in [0.2, 0.25) is 0 Å². The lowest BCUT2D eigenvalue weighted by atomic mass is 10.0. The molecule has 0 radical (unpaired) electrons. The number of carbonyl (C=O) groups is 2. The maximum Gasteiger partial charge on any atom is 0.277 e. The van der Waals surface area contributed by atoms with Gasteiger partial charge in [0.2, 0.25) is 5.91 Å². The third-order valence-corrected chi connectivity index (χ3v) is 4.60. The van der Waals surface area contributed by atoms with Gasteiger partial charge >= 0.3 is 0 Å². The molecule has 22 heavy (non-hydrogen) atoms. The topological polar surface area (TPSA) is 62.3 Å². The van der Waals surface area contributed by atoms with Gasteiger partial charge in [-0.1, -0.05) is 6.07 Å². The maximum atomic E-state index is 12.7. The minimum absolute atomic E-state index is 0.116. The van der Waals surface area contributed by atoms with Gasteiger partial charge in [-0.15, -0.1) is 11.3 Å². The van der Waals surface area contributed by atoms with Gasteiger partial charge < -0.3 is 10.2 Å². The highest BCUT2D eigenvalue weighted by atomic mass is 32.1. The average Bonchev–Trinajstić information content (AvgIpc) is 3.05. The Balaban J connectivity index is 1.87. The first-order valence-corrected chi connectivity index (χ1v) is 7.99. The number of hydrogen-bond donors (Lipinski definition) is 1. The van der Waals surface area contributed by atoms with Crippen molar-refractivity contribution in [1.29, 1.82) is 0 Å². The zero-order valence-electron chi connectivity index (χ0n) is 12.8. The van der Waals surface area contributed by atoms with Crippen LogP contribution in [0.15, 0.2) is 17.5 Å². The third kappa shape index (κ3) is 2.62. The molecule has 0 saturated heterocycles. The molecule has 0 unspecified atom stereocenters. The second kappa shape index (κ2) is 5.53. The molecule has 5 nitrogen and oxygen atoms in total. The second-order valence-corrected chi connectivity index (χ2v) is 6.35. The van der Waals surface area contributed by atoms with Crippen LogP contribution in [0.5, 0.6) is 0 Å². The largest absolute Gasteiger partial charge is 0.306 e. The van der Waals surface area contributed by atoms with E-state index in [1.165, 1.54) is 35.0 Å². The van der Waals surface area contributed by atoms with E-state index < -0.39 is 0 Å². The second-order valence-electron chi connectivity index (χ2n) is 5.49. The number of hydrogen-bond acceptors (Lipinski definition) is 4. The molecule has 3 rings (SSSR count). The first kappa shape index (κ1) is 14.7. The monoisotopic (exact) mass is 315 g/mol. The molecule has 1 N–H and O–H groups in total. The lowest BCUT2D eigenvalue weighted by Crippen LogP contribution is -2.29. The first-order chi connectivity index (χ1) is 10.5. The van der Waals surface area contributed by atoms with Crippen LogP contribution in [0.1, 0.15) is 34.1 Å². The molecule has 114 valence electrons. The van der Waals surface area contributed by atoms with E-state index in [4.69, 9.17) is 0 Å². The van der Waals surface area contributed by atoms with E-state index in [9.17, 15) is 9.59 Å². The van der Waals surface area contributed by atoms with Gasteiger partial charge in [-0.3, -0.25) is 9.59 Å². The quantitative estimate of drug-likeness (QED) is 0.927. The first-order valence-electron chi connectivity index (χ1n) is 7.11. The maximum absolute atomic E-state index is 12.7. The van der Waals surface area contributed by atoms with E-state index in [0.29, 0.717) is 17.4 Å². The van der Waals surface area contributed by atoms with Gasteiger partial charge in [0.05, 0.1) is 0 Å². The van der Waals surface area contributed by atoms with Crippen molar-refractivity contribution in [2.24, 2.45) is 0 Å². The van der Waals surface area contributed by atoms with Crippen molar-refractivity contribution in [2.75, 3.05) is 16.8 Å². The number of aromatic nitrogens is 1. The lowest BCUT2D eigenvalue weighted by Gasteiger charge is -2.17. The van der Waals surface area contributed by atoms with Crippen LogP contribution in [0.4, 0.5) is 10.8 Å². The molecule has 2 amide bonds. The van der Waals surface area contributed by atoms with Gasteiger partial charge in [0.15, 0.2) is 5.13 Å². The molecule has 0 fully saturated rings. The number of fused-ring (bicyclic) bond motifs is 1. The van der Waals surface area contributed by atoms with Crippen molar-refractivity contribution in [3.05, 3.63) is 39.9 Å². The Morgan fingerprint density at radius 3 is 2.73 bits per heavy atom. The number of thiazole rings is 1. The number of benzene rings is 1. The minimum atomic E-state index is -0.189. The van der Waals surface area contributed by atoms with E-state index in [1.54, 1.807) is 10.3 Å². The molecule has 1 aliphatic heterocycles. The van der Waals surface area contributed by atoms with Crippen LogP contribution in [0, 0.1) is 13.8 Å². The van der Waals surface area contributed by atoms with Crippen molar-refractivity contribution in [3.63, 3.8) is 0 Å². The fraction of sp³-hybridized carbons (Fsp3) is 0.312. The normalized spacial score (nSPS) is 13.1. The van der Waals surface area contributed by atoms with Gasteiger partial charge in [-0.05, 0) is 43.0 Å². The van der Waals surface area contributed by atoms with Gasteiger partial charge in [-0.25, -0.2) is 4.98 Å². The highest BCUT2D eigenvalue weighted by molar-refractivity contribution is 7.14. The fourth-order valence-electron chi connectivity index (χ4n) is 2.59. The van der Waals surface area contributed by atoms with Crippen LogP contribution < -0.4 is 10.2 Å². The Morgan fingerprint density at radius 1 is 1.27 bits per heavy atom. The standard InChI is InChI=1S/C16H17N3O2S/c1-9-6-12-4-5-19(14(12)7-10(9)2)15(21)13-8-22-16(18-13)17-11(3)20/h6-8H,4-5H2,1-3H3,(H,17,18,20). The summed E-state index contributed by atoms with van der Waals surface area (Å²) in [6, 6.07) is 4.22. The Hall–Kier alpha value is -2.21. The molecule has 2 heterocycles. The third-order valence-electron chi connectivity index (χ3n) is 3.84. The summed E-state index contributed by atoms with van der Waals surface area (Å²) in [5.74, 6) is -0.305. The van der Waals surface area contributed by atoms with E-state index >= 15 is 0 Å². The van der Waals surface area contributed by atoms with Gasteiger partial charge in [0.25, 0.3) is 5.91 Å². The number of carbonyl (C=O) groups excluding carboxylic acids is 2. The highest BCUT2D eigenvalue weighted by Gasteiger charge is 2.27. The van der Waals surface area contributed by atoms with Gasteiger partial charge in [0, 0.05) is 24.5 Å². The van der Waals surface area contributed by atoms with E-state index in [1.807, 2.05) is 6.92 Å². The Bertz CT molecular complexity index is 767. The van der Waals surface area contributed by atoms with Crippen molar-refractivity contribution in [3.8, 4) is 0 Å². The highest BCUT2D eigenvalue weighted by Crippen LogP contribution is 2.32. The molecule has 1 aromatic carbocycles. The Kier molecular flexibility index (Phi) is 3.70. The van der Waals surface area contributed by atoms with Gasteiger partial charge in [-0.2, -0.15) is 0 Å². The molecule has 2 aromatic rings. The molecule has 0 saturated carbocycles. The van der Waals surface area contributed by atoms with Crippen molar-refractivity contribution in [1.82, 2.24) is 4.98 Å². The number of amides is 2. The summed E-state index contributed by atoms with van der Waals surface area (Å²) in [4.78, 5) is 29.7. The number of rotatable bonds is 2. The van der Waals surface area contributed by atoms with Crippen LogP contribution in [0.25, 0.3) is 0 Å². The number of nitrogens with zero attached hydrogens (tertiary/aromatic N) is 2. The SMILES string of the molecule is CC(=O)Nc1nc(C(=O)N2CCc3cc(C)c(C)cc32)cs1. The van der Waals surface area contributed by atoms with Crippen LogP contribution >= 0.6 is 11.3 Å². The Morgan fingerprint density at radius 2 is 2.00 bits per heavy atom. The number of nitrogens with one attached hydrogen (secondary N) is 1. The summed E-state index contributed by atoms with van der Waals surface area (Å²) in [5, 5.41) is 4.75. The number of aryl methyl sites for hydroxylation is 2. The summed E-state index contributed by atoms with van der Waals surface area (Å²) >= 11 is 1.26. The lowest BCUT2D eigenvalue weighted by molar-refractivity contribution is -0.114. The summed E-state index contributed by atoms with van der Waals surface area (Å²) in [5.41, 5.74) is 4.97. The van der Waals surface area contributed by atoms with Crippen LogP contribution in [-0.2, 0) is 11.2 Å². The predicted octanol–water partition coefficient (Wildman–Crippen LogP) is 2.92. The van der Waals surface area contributed by atoms with E-state index in [-0.39, 0.29) is 11.8 Å². The molecule has 1 aromatic heterocycles. The minimum Gasteiger partial charge on any atom is -0.306 e. The fourth-order valence-corrected chi connectivity index (χ4v) is 3.32. The van der Waals surface area contributed by atoms with E-state index in [2.05, 4.69) is 29.4 Å². The molecule has 0 aliphatic carbocycles. The molecular weight excluding hydrogens is 298 g/mol. The molecular formula is C16H17N3O2S. The summed E-state index contributed by atoms with van der Waals surface area (Å²) in [6.45, 7) is 6.23. The van der Waals surface area contributed by atoms with Crippen molar-refractivity contribution >= 4 is 34.0 Å². The number of anilines is 2. The molecule has 6 heteroatoms. The molecule has 1 aliphatic rings. The average molecular weight is 315 g/mol. The summed E-state index contributed by atoms with van der Waals surface area (Å²) in [6.07, 6.45) is 0.866. The molecule has 0 atom stereocenters. The van der Waals surface area contributed by atoms with Crippen molar-refractivity contribution < 1.29 is 9.59 Å². The Labute approximate surface area is 133 Å². The predicted molar refractivity (Wildman–Crippen MR) is 87.7 cm³/mol. The van der Waals surface area contributed by atoms with Gasteiger partial charge in [0.1, 0.15) is 5.69 Å².